The number of rotatable bonds is 6. The third-order valence-corrected chi connectivity index (χ3v) is 5.07. The largest absolute Gasteiger partial charge is 0.477 e. The molecule has 0 saturated carbocycles. The van der Waals surface area contributed by atoms with E-state index in [4.69, 9.17) is 9.47 Å². The Labute approximate surface area is 175 Å². The number of nitrogens with one attached hydrogen (secondary N) is 1. The molecule has 7 nitrogen and oxygen atoms in total. The summed E-state index contributed by atoms with van der Waals surface area (Å²) in [5.41, 5.74) is 2.07. The predicted octanol–water partition coefficient (Wildman–Crippen LogP) is 3.44. The van der Waals surface area contributed by atoms with Gasteiger partial charge in [0.2, 0.25) is 0 Å². The molecule has 1 aliphatic rings. The fourth-order valence-electron chi connectivity index (χ4n) is 3.56. The highest BCUT2D eigenvalue weighted by Crippen LogP contribution is 2.25. The minimum atomic E-state index is -0.222. The number of urea groups is 1. The molecule has 30 heavy (non-hydrogen) atoms. The number of ether oxygens (including phenoxy) is 2. The smallest absolute Gasteiger partial charge is 0.318 e. The number of amides is 2. The van der Waals surface area contributed by atoms with Gasteiger partial charge in [-0.1, -0.05) is 60.7 Å². The van der Waals surface area contributed by atoms with Crippen molar-refractivity contribution in [1.82, 2.24) is 20.2 Å². The van der Waals surface area contributed by atoms with E-state index in [9.17, 15) is 4.79 Å². The Kier molecular flexibility index (Phi) is 6.08. The Balaban J connectivity index is 1.43. The second-order valence-corrected chi connectivity index (χ2v) is 7.05. The van der Waals surface area contributed by atoms with Crippen molar-refractivity contribution in [2.75, 3.05) is 20.2 Å². The first-order valence-corrected chi connectivity index (χ1v) is 9.91. The molecule has 1 aromatic heterocycles. The van der Waals surface area contributed by atoms with E-state index < -0.39 is 0 Å². The van der Waals surface area contributed by atoms with Crippen molar-refractivity contribution < 1.29 is 14.3 Å². The van der Waals surface area contributed by atoms with E-state index in [2.05, 4.69) is 15.3 Å². The van der Waals surface area contributed by atoms with Crippen LogP contribution in [0.2, 0.25) is 0 Å². The maximum atomic E-state index is 13.0. The molecule has 2 amide bonds. The summed E-state index contributed by atoms with van der Waals surface area (Å²) in [6.07, 6.45) is 3.66. The van der Waals surface area contributed by atoms with Gasteiger partial charge in [-0.25, -0.2) is 14.8 Å². The van der Waals surface area contributed by atoms with Crippen LogP contribution in [0.25, 0.3) is 0 Å². The van der Waals surface area contributed by atoms with Gasteiger partial charge in [0.05, 0.1) is 19.7 Å². The average molecular weight is 404 g/mol. The molecule has 0 aliphatic carbocycles. The van der Waals surface area contributed by atoms with Gasteiger partial charge < -0.3 is 19.7 Å². The number of nitrogens with zero attached hydrogens (tertiary/aromatic N) is 3. The lowest BCUT2D eigenvalue weighted by atomic mass is 9.99. The molecule has 0 spiro atoms. The summed E-state index contributed by atoms with van der Waals surface area (Å²) in [5, 5.41) is 3.18. The standard InChI is InChI=1S/C23H24N4O3/c1-29-21-22(25-14-13-24-21)30-19-12-15-27(16-19)23(28)26-20(17-8-4-2-5-9-17)18-10-6-3-7-11-18/h2-11,13-14,19-20H,12,15-16H2,1H3,(H,26,28). The Morgan fingerprint density at radius 3 is 2.20 bits per heavy atom. The van der Waals surface area contributed by atoms with E-state index in [0.717, 1.165) is 11.1 Å². The number of hydrogen-bond acceptors (Lipinski definition) is 5. The van der Waals surface area contributed by atoms with Gasteiger partial charge in [0.25, 0.3) is 11.8 Å². The molecule has 1 fully saturated rings. The van der Waals surface area contributed by atoms with Crippen LogP contribution in [-0.4, -0.2) is 47.2 Å². The summed E-state index contributed by atoms with van der Waals surface area (Å²) >= 11 is 0. The molecule has 1 saturated heterocycles. The molecule has 3 aromatic rings. The van der Waals surface area contributed by atoms with Gasteiger partial charge in [-0.3, -0.25) is 0 Å². The Morgan fingerprint density at radius 2 is 1.60 bits per heavy atom. The van der Waals surface area contributed by atoms with Crippen LogP contribution in [0.4, 0.5) is 4.79 Å². The van der Waals surface area contributed by atoms with Crippen molar-refractivity contribution in [3.8, 4) is 11.8 Å². The van der Waals surface area contributed by atoms with Crippen LogP contribution in [-0.2, 0) is 0 Å². The lowest BCUT2D eigenvalue weighted by Crippen LogP contribution is -2.41. The number of benzene rings is 2. The first kappa shape index (κ1) is 19.7. The van der Waals surface area contributed by atoms with Crippen LogP contribution in [0.5, 0.6) is 11.8 Å². The van der Waals surface area contributed by atoms with Crippen LogP contribution < -0.4 is 14.8 Å². The van der Waals surface area contributed by atoms with Gasteiger partial charge in [0.1, 0.15) is 6.10 Å². The summed E-state index contributed by atoms with van der Waals surface area (Å²) in [5.74, 6) is 0.687. The fourth-order valence-corrected chi connectivity index (χ4v) is 3.56. The lowest BCUT2D eigenvalue weighted by Gasteiger charge is -2.24. The van der Waals surface area contributed by atoms with Gasteiger partial charge >= 0.3 is 6.03 Å². The number of carbonyl (C=O) groups is 1. The summed E-state index contributed by atoms with van der Waals surface area (Å²) < 4.78 is 11.1. The normalized spacial score (nSPS) is 15.8. The third kappa shape index (κ3) is 4.51. The average Bonchev–Trinajstić information content (AvgIpc) is 3.27. The van der Waals surface area contributed by atoms with Crippen molar-refractivity contribution in [2.45, 2.75) is 18.6 Å². The van der Waals surface area contributed by atoms with Gasteiger partial charge in [0, 0.05) is 25.4 Å². The highest BCUT2D eigenvalue weighted by molar-refractivity contribution is 5.75. The fraction of sp³-hybridized carbons (Fsp3) is 0.261. The summed E-state index contributed by atoms with van der Waals surface area (Å²) in [6.45, 7) is 1.08. The van der Waals surface area contributed by atoms with Crippen LogP contribution in [0, 0.1) is 0 Å². The summed E-state index contributed by atoms with van der Waals surface area (Å²) in [6, 6.07) is 19.6. The molecular formula is C23H24N4O3. The van der Waals surface area contributed by atoms with E-state index in [1.165, 1.54) is 7.11 Å². The second-order valence-electron chi connectivity index (χ2n) is 7.05. The zero-order valence-electron chi connectivity index (χ0n) is 16.8. The van der Waals surface area contributed by atoms with Crippen molar-refractivity contribution in [3.05, 3.63) is 84.2 Å². The van der Waals surface area contributed by atoms with Crippen LogP contribution in [0.1, 0.15) is 23.6 Å². The van der Waals surface area contributed by atoms with Crippen molar-refractivity contribution >= 4 is 6.03 Å². The Hall–Kier alpha value is -3.61. The van der Waals surface area contributed by atoms with Crippen molar-refractivity contribution in [3.63, 3.8) is 0 Å². The molecule has 7 heteroatoms. The number of methoxy groups -OCH3 is 1. The predicted molar refractivity (Wildman–Crippen MR) is 112 cm³/mol. The Bertz CT molecular complexity index is 929. The highest BCUT2D eigenvalue weighted by Gasteiger charge is 2.30. The van der Waals surface area contributed by atoms with E-state index in [1.54, 1.807) is 17.3 Å². The van der Waals surface area contributed by atoms with Gasteiger partial charge in [-0.2, -0.15) is 0 Å². The van der Waals surface area contributed by atoms with Crippen LogP contribution >= 0.6 is 0 Å². The number of hydrogen-bond donors (Lipinski definition) is 1. The van der Waals surface area contributed by atoms with E-state index in [1.807, 2.05) is 60.7 Å². The molecule has 1 N–H and O–H groups in total. The van der Waals surface area contributed by atoms with Gasteiger partial charge in [-0.05, 0) is 11.1 Å². The quantitative estimate of drug-likeness (QED) is 0.681. The summed E-state index contributed by atoms with van der Waals surface area (Å²) in [7, 11) is 1.53. The molecule has 0 radical (unpaired) electrons. The topological polar surface area (TPSA) is 76.6 Å². The summed E-state index contributed by atoms with van der Waals surface area (Å²) in [4.78, 5) is 23.1. The molecule has 154 valence electrons. The molecular weight excluding hydrogens is 380 g/mol. The highest BCUT2D eigenvalue weighted by atomic mass is 16.5. The minimum Gasteiger partial charge on any atom is -0.477 e. The molecule has 1 aliphatic heterocycles. The number of likely N-dealkylation sites (tertiary alicyclic amines) is 1. The first-order chi connectivity index (χ1) is 14.7. The minimum absolute atomic E-state index is 0.120. The molecule has 1 atom stereocenters. The SMILES string of the molecule is COc1nccnc1OC1CCN(C(=O)NC(c2ccccc2)c2ccccc2)C1. The lowest BCUT2D eigenvalue weighted by molar-refractivity contribution is 0.176. The molecule has 2 aromatic carbocycles. The maximum absolute atomic E-state index is 13.0. The molecule has 0 bridgehead atoms. The Morgan fingerprint density at radius 1 is 1.00 bits per heavy atom. The zero-order valence-corrected chi connectivity index (χ0v) is 16.8. The second kappa shape index (κ2) is 9.26. The number of carbonyl (C=O) groups excluding carboxylic acids is 1. The van der Waals surface area contributed by atoms with Crippen molar-refractivity contribution in [2.24, 2.45) is 0 Å². The monoisotopic (exact) mass is 404 g/mol. The van der Waals surface area contributed by atoms with Crippen LogP contribution in [0.15, 0.2) is 73.1 Å². The van der Waals surface area contributed by atoms with Gasteiger partial charge in [-0.15, -0.1) is 0 Å². The van der Waals surface area contributed by atoms with Crippen molar-refractivity contribution in [1.29, 1.82) is 0 Å². The van der Waals surface area contributed by atoms with E-state index in [-0.39, 0.29) is 18.2 Å². The molecule has 4 rings (SSSR count). The van der Waals surface area contributed by atoms with Gasteiger partial charge in [0.15, 0.2) is 0 Å². The van der Waals surface area contributed by atoms with E-state index >= 15 is 0 Å². The van der Waals surface area contributed by atoms with E-state index in [0.29, 0.717) is 31.3 Å². The first-order valence-electron chi connectivity index (χ1n) is 9.91. The third-order valence-electron chi connectivity index (χ3n) is 5.07. The van der Waals surface area contributed by atoms with Crippen LogP contribution in [0.3, 0.4) is 0 Å². The molecule has 1 unspecified atom stereocenters. The zero-order chi connectivity index (χ0) is 20.8. The number of aromatic nitrogens is 2. The maximum Gasteiger partial charge on any atom is 0.318 e. The molecule has 2 heterocycles.